The van der Waals surface area contributed by atoms with E-state index in [1.165, 1.54) is 24.3 Å². The second-order valence-corrected chi connectivity index (χ2v) is 9.35. The molecule has 186 valence electrons. The van der Waals surface area contributed by atoms with Crippen LogP contribution in [0.4, 0.5) is 0 Å². The van der Waals surface area contributed by atoms with Crippen molar-refractivity contribution in [3.63, 3.8) is 0 Å². The minimum Gasteiger partial charge on any atom is -0.480 e. The molecule has 1 aromatic rings. The Morgan fingerprint density at radius 3 is 2.24 bits per heavy atom. The summed E-state index contributed by atoms with van der Waals surface area (Å²) in [4.78, 5) is 56.1. The predicted molar refractivity (Wildman–Crippen MR) is 130 cm³/mol. The molecule has 0 aromatic carbocycles. The van der Waals surface area contributed by atoms with Gasteiger partial charge in [0, 0.05) is 24.1 Å². The van der Waals surface area contributed by atoms with E-state index >= 15 is 0 Å². The number of carbonyl (C=O) groups excluding carboxylic acids is 3. The van der Waals surface area contributed by atoms with Gasteiger partial charge in [0.2, 0.25) is 17.7 Å². The van der Waals surface area contributed by atoms with Crippen molar-refractivity contribution in [2.75, 3.05) is 17.8 Å². The van der Waals surface area contributed by atoms with Crippen LogP contribution in [0, 0.1) is 5.92 Å². The summed E-state index contributed by atoms with van der Waals surface area (Å²) < 4.78 is 0. The maximum Gasteiger partial charge on any atom is 0.326 e. The van der Waals surface area contributed by atoms with Gasteiger partial charge in [-0.2, -0.15) is 24.4 Å². The number of rotatable bonds is 15. The smallest absolute Gasteiger partial charge is 0.326 e. The van der Waals surface area contributed by atoms with Crippen molar-refractivity contribution in [1.29, 1.82) is 0 Å². The Kier molecular flexibility index (Phi) is 12.9. The fourth-order valence-electron chi connectivity index (χ4n) is 2.95. The lowest BCUT2D eigenvalue weighted by Crippen LogP contribution is -2.58. The number of thioether (sulfide) groups is 1. The SMILES string of the molecule is CSCCC(NC(=O)C(N)CC(C)C)C(=O)NC(CS)C(=O)NC(Cc1cnc[nH]1)C(=O)O. The lowest BCUT2D eigenvalue weighted by atomic mass is 10.0. The second-order valence-electron chi connectivity index (χ2n) is 8.00. The van der Waals surface area contributed by atoms with Crippen LogP contribution in [0.1, 0.15) is 32.4 Å². The average molecular weight is 503 g/mol. The van der Waals surface area contributed by atoms with Gasteiger partial charge in [0.25, 0.3) is 0 Å². The van der Waals surface area contributed by atoms with E-state index in [-0.39, 0.29) is 18.1 Å². The highest BCUT2D eigenvalue weighted by molar-refractivity contribution is 7.98. The van der Waals surface area contributed by atoms with Crippen molar-refractivity contribution in [3.05, 3.63) is 18.2 Å². The Balaban J connectivity index is 2.81. The third kappa shape index (κ3) is 10.5. The standard InChI is InChI=1S/C20H34N6O5S2/c1-11(2)6-13(21)17(27)24-14(4-5-33-3)18(28)26-16(9-32)19(29)25-15(20(30)31)7-12-8-22-10-23-12/h8,10-11,13-16,32H,4-7,9,21H2,1-3H3,(H,22,23)(H,24,27)(H,25,29)(H,26,28)(H,30,31). The van der Waals surface area contributed by atoms with Crippen molar-refractivity contribution in [3.8, 4) is 0 Å². The van der Waals surface area contributed by atoms with Crippen LogP contribution in [0.25, 0.3) is 0 Å². The summed E-state index contributed by atoms with van der Waals surface area (Å²) in [6, 6.07) is -3.96. The van der Waals surface area contributed by atoms with Gasteiger partial charge in [0.1, 0.15) is 18.1 Å². The zero-order chi connectivity index (χ0) is 25.0. The molecular formula is C20H34N6O5S2. The molecule has 1 heterocycles. The van der Waals surface area contributed by atoms with Crippen molar-refractivity contribution in [2.45, 2.75) is 57.3 Å². The second kappa shape index (κ2) is 14.8. The predicted octanol–water partition coefficient (Wildman–Crippen LogP) is -0.452. The average Bonchev–Trinajstić information content (AvgIpc) is 3.26. The Labute approximate surface area is 203 Å². The summed E-state index contributed by atoms with van der Waals surface area (Å²) in [5, 5.41) is 17.1. The van der Waals surface area contributed by atoms with E-state index in [1.807, 2.05) is 20.1 Å². The monoisotopic (exact) mass is 502 g/mol. The largest absolute Gasteiger partial charge is 0.480 e. The van der Waals surface area contributed by atoms with Gasteiger partial charge in [-0.15, -0.1) is 0 Å². The molecule has 13 heteroatoms. The number of nitrogens with one attached hydrogen (secondary N) is 4. The summed E-state index contributed by atoms with van der Waals surface area (Å²) >= 11 is 5.63. The van der Waals surface area contributed by atoms with Crippen LogP contribution >= 0.6 is 24.4 Å². The molecule has 1 aromatic heterocycles. The molecule has 0 spiro atoms. The van der Waals surface area contributed by atoms with E-state index in [2.05, 4.69) is 38.5 Å². The molecular weight excluding hydrogens is 468 g/mol. The van der Waals surface area contributed by atoms with E-state index in [0.717, 1.165) is 0 Å². The van der Waals surface area contributed by atoms with E-state index in [9.17, 15) is 24.3 Å². The summed E-state index contributed by atoms with van der Waals surface area (Å²) in [7, 11) is 0. The number of aliphatic carboxylic acids is 1. The molecule has 0 radical (unpaired) electrons. The first kappa shape index (κ1) is 28.8. The molecule has 7 N–H and O–H groups in total. The lowest BCUT2D eigenvalue weighted by molar-refractivity contribution is -0.142. The molecule has 0 bridgehead atoms. The molecule has 0 aliphatic heterocycles. The van der Waals surface area contributed by atoms with Gasteiger partial charge >= 0.3 is 5.97 Å². The molecule has 0 saturated carbocycles. The topological polar surface area (TPSA) is 179 Å². The number of hydrogen-bond acceptors (Lipinski definition) is 8. The van der Waals surface area contributed by atoms with E-state index in [1.54, 1.807) is 0 Å². The molecule has 0 aliphatic carbocycles. The highest BCUT2D eigenvalue weighted by atomic mass is 32.2. The van der Waals surface area contributed by atoms with E-state index in [0.29, 0.717) is 24.3 Å². The normalized spacial score (nSPS) is 14.7. The Hall–Kier alpha value is -2.25. The van der Waals surface area contributed by atoms with Gasteiger partial charge in [-0.05, 0) is 30.8 Å². The molecule has 11 nitrogen and oxygen atoms in total. The summed E-state index contributed by atoms with van der Waals surface area (Å²) in [5.41, 5.74) is 6.46. The van der Waals surface area contributed by atoms with E-state index in [4.69, 9.17) is 5.73 Å². The molecule has 0 saturated heterocycles. The number of imidazole rings is 1. The molecule has 1 rings (SSSR count). The first-order valence-corrected chi connectivity index (χ1v) is 12.6. The number of carboxylic acids is 1. The maximum atomic E-state index is 12.9. The Bertz CT molecular complexity index is 777. The molecule has 3 amide bonds. The number of aromatic nitrogens is 2. The van der Waals surface area contributed by atoms with Crippen LogP contribution < -0.4 is 21.7 Å². The molecule has 0 fully saturated rings. The fraction of sp³-hybridized carbons (Fsp3) is 0.650. The van der Waals surface area contributed by atoms with Crippen LogP contribution in [0.5, 0.6) is 0 Å². The number of carboxylic acid groups (broad SMARTS) is 1. The minimum atomic E-state index is -1.23. The fourth-order valence-corrected chi connectivity index (χ4v) is 3.68. The van der Waals surface area contributed by atoms with Crippen LogP contribution in [0.15, 0.2) is 12.5 Å². The van der Waals surface area contributed by atoms with Crippen LogP contribution in [0.3, 0.4) is 0 Å². The lowest BCUT2D eigenvalue weighted by Gasteiger charge is -2.24. The van der Waals surface area contributed by atoms with Gasteiger partial charge in [-0.3, -0.25) is 14.4 Å². The maximum absolute atomic E-state index is 12.9. The van der Waals surface area contributed by atoms with Crippen molar-refractivity contribution < 1.29 is 24.3 Å². The van der Waals surface area contributed by atoms with Crippen molar-refractivity contribution in [2.24, 2.45) is 11.7 Å². The zero-order valence-corrected chi connectivity index (χ0v) is 20.7. The van der Waals surface area contributed by atoms with Crippen molar-refractivity contribution >= 4 is 48.1 Å². The molecule has 33 heavy (non-hydrogen) atoms. The number of nitrogens with zero attached hydrogens (tertiary/aromatic N) is 1. The Morgan fingerprint density at radius 2 is 1.73 bits per heavy atom. The first-order valence-electron chi connectivity index (χ1n) is 10.6. The van der Waals surface area contributed by atoms with Gasteiger partial charge in [0.15, 0.2) is 0 Å². The molecule has 0 aliphatic rings. The van der Waals surface area contributed by atoms with E-state index < -0.39 is 47.9 Å². The number of carbonyl (C=O) groups is 4. The number of hydrogen-bond donors (Lipinski definition) is 7. The number of amides is 3. The quantitative estimate of drug-likeness (QED) is 0.158. The minimum absolute atomic E-state index is 0.00550. The van der Waals surface area contributed by atoms with Gasteiger partial charge in [0.05, 0.1) is 12.4 Å². The number of H-pyrrole nitrogens is 1. The van der Waals surface area contributed by atoms with Crippen LogP contribution in [-0.2, 0) is 25.6 Å². The number of aromatic amines is 1. The zero-order valence-electron chi connectivity index (χ0n) is 19.0. The van der Waals surface area contributed by atoms with Gasteiger partial charge in [-0.25, -0.2) is 9.78 Å². The number of thiol groups is 1. The first-order chi connectivity index (χ1) is 15.6. The third-order valence-electron chi connectivity index (χ3n) is 4.71. The highest BCUT2D eigenvalue weighted by Crippen LogP contribution is 2.06. The van der Waals surface area contributed by atoms with Crippen molar-refractivity contribution in [1.82, 2.24) is 25.9 Å². The summed E-state index contributed by atoms with van der Waals surface area (Å²) in [5.74, 6) is -2.19. The Morgan fingerprint density at radius 1 is 1.12 bits per heavy atom. The molecule has 4 unspecified atom stereocenters. The third-order valence-corrected chi connectivity index (χ3v) is 5.72. The summed E-state index contributed by atoms with van der Waals surface area (Å²) in [6.45, 7) is 3.88. The van der Waals surface area contributed by atoms with Gasteiger partial charge < -0.3 is 31.8 Å². The van der Waals surface area contributed by atoms with Crippen LogP contribution in [-0.4, -0.2) is 80.7 Å². The summed E-state index contributed by atoms with van der Waals surface area (Å²) in [6.07, 6.45) is 5.54. The van der Waals surface area contributed by atoms with Crippen LogP contribution in [0.2, 0.25) is 0 Å². The molecule has 4 atom stereocenters. The van der Waals surface area contributed by atoms with Gasteiger partial charge in [-0.1, -0.05) is 13.8 Å². The highest BCUT2D eigenvalue weighted by Gasteiger charge is 2.30. The number of nitrogens with two attached hydrogens (primary N) is 1.